The zero-order chi connectivity index (χ0) is 22.8. The first-order valence-electron chi connectivity index (χ1n) is 9.88. The van der Waals surface area contributed by atoms with Gasteiger partial charge in [0.1, 0.15) is 19.0 Å². The zero-order valence-corrected chi connectivity index (χ0v) is 17.5. The molecule has 160 valence electrons. The van der Waals surface area contributed by atoms with Crippen LogP contribution in [-0.2, 0) is 17.9 Å². The first-order valence-corrected chi connectivity index (χ1v) is 9.88. The van der Waals surface area contributed by atoms with Crippen LogP contribution in [0.1, 0.15) is 27.6 Å². The second-order valence-electron chi connectivity index (χ2n) is 7.27. The van der Waals surface area contributed by atoms with E-state index >= 15 is 0 Å². The van der Waals surface area contributed by atoms with Crippen molar-refractivity contribution >= 4 is 16.9 Å². The van der Waals surface area contributed by atoms with Crippen LogP contribution >= 0.6 is 0 Å². The molecule has 2 aromatic heterocycles. The molecular weight excluding hydrogens is 411 g/mol. The van der Waals surface area contributed by atoms with Gasteiger partial charge in [-0.3, -0.25) is 9.36 Å². The van der Waals surface area contributed by atoms with Gasteiger partial charge in [0.25, 0.3) is 5.56 Å². The van der Waals surface area contributed by atoms with Crippen molar-refractivity contribution in [2.24, 2.45) is 0 Å². The van der Waals surface area contributed by atoms with Gasteiger partial charge in [-0.25, -0.2) is 14.2 Å². The molecule has 0 N–H and O–H groups in total. The molecule has 4 rings (SSSR count). The number of nitrogens with zero attached hydrogens (tertiary/aromatic N) is 4. The number of benzene rings is 2. The number of ether oxygens (including phenoxy) is 1. The summed E-state index contributed by atoms with van der Waals surface area (Å²) in [6.45, 7) is 3.14. The van der Waals surface area contributed by atoms with Gasteiger partial charge in [0, 0.05) is 17.1 Å². The van der Waals surface area contributed by atoms with Gasteiger partial charge in [-0.15, -0.1) is 0 Å². The Morgan fingerprint density at radius 2 is 1.88 bits per heavy atom. The number of hydrogen-bond acceptors (Lipinski definition) is 5. The minimum Gasteiger partial charge on any atom is -0.454 e. The third kappa shape index (κ3) is 3.76. The summed E-state index contributed by atoms with van der Waals surface area (Å²) in [4.78, 5) is 30.0. The summed E-state index contributed by atoms with van der Waals surface area (Å²) in [5.41, 5.74) is 2.59. The number of esters is 1. The van der Waals surface area contributed by atoms with E-state index in [0.29, 0.717) is 22.2 Å². The number of nitriles is 1. The average molecular weight is 430 g/mol. The molecule has 0 bridgehead atoms. The van der Waals surface area contributed by atoms with Crippen molar-refractivity contribution in [3.8, 4) is 11.8 Å². The highest BCUT2D eigenvalue weighted by molar-refractivity contribution is 5.91. The molecule has 0 aliphatic rings. The highest BCUT2D eigenvalue weighted by Gasteiger charge is 2.19. The van der Waals surface area contributed by atoms with Gasteiger partial charge >= 0.3 is 5.97 Å². The second-order valence-corrected chi connectivity index (χ2v) is 7.27. The Hall–Kier alpha value is -4.25. The van der Waals surface area contributed by atoms with Crippen molar-refractivity contribution in [3.05, 3.63) is 93.5 Å². The van der Waals surface area contributed by atoms with Crippen LogP contribution in [0.4, 0.5) is 4.39 Å². The third-order valence-electron chi connectivity index (χ3n) is 5.24. The van der Waals surface area contributed by atoms with Crippen LogP contribution in [0.15, 0.2) is 59.4 Å². The van der Waals surface area contributed by atoms with Gasteiger partial charge in [-0.2, -0.15) is 5.26 Å². The van der Waals surface area contributed by atoms with Crippen LogP contribution in [0.5, 0.6) is 0 Å². The molecule has 0 radical (unpaired) electrons. The second kappa shape index (κ2) is 8.47. The molecule has 32 heavy (non-hydrogen) atoms. The molecule has 0 amide bonds. The molecule has 0 fully saturated rings. The van der Waals surface area contributed by atoms with E-state index in [1.54, 1.807) is 49.4 Å². The lowest BCUT2D eigenvalue weighted by atomic mass is 10.2. The normalized spacial score (nSPS) is 10.8. The Labute approximate surface area is 182 Å². The smallest absolute Gasteiger partial charge is 0.340 e. The molecule has 8 heteroatoms. The van der Waals surface area contributed by atoms with Crippen LogP contribution in [-0.4, -0.2) is 20.1 Å². The lowest BCUT2D eigenvalue weighted by Crippen LogP contribution is -2.26. The Morgan fingerprint density at radius 3 is 2.59 bits per heavy atom. The highest BCUT2D eigenvalue weighted by Crippen LogP contribution is 2.22. The first kappa shape index (κ1) is 21.0. The molecule has 0 saturated carbocycles. The first-order chi connectivity index (χ1) is 15.4. The largest absolute Gasteiger partial charge is 0.454 e. The predicted molar refractivity (Wildman–Crippen MR) is 116 cm³/mol. The van der Waals surface area contributed by atoms with Gasteiger partial charge in [-0.05, 0) is 56.3 Å². The lowest BCUT2D eigenvalue weighted by molar-refractivity contribution is 0.0456. The van der Waals surface area contributed by atoms with E-state index in [2.05, 4.69) is 4.98 Å². The zero-order valence-electron chi connectivity index (χ0n) is 17.5. The van der Waals surface area contributed by atoms with E-state index in [1.165, 1.54) is 16.7 Å². The molecule has 0 aliphatic heterocycles. The Bertz CT molecular complexity index is 1430. The SMILES string of the molecule is Cc1cc(C(=O)OCc2nc3ccccc3c(=O)n2CC#N)c(C)n1-c1ccc(F)cc1. The van der Waals surface area contributed by atoms with E-state index in [0.717, 1.165) is 11.4 Å². The van der Waals surface area contributed by atoms with Gasteiger partial charge in [0.15, 0.2) is 5.82 Å². The molecule has 0 atom stereocenters. The van der Waals surface area contributed by atoms with Crippen LogP contribution in [0, 0.1) is 31.0 Å². The molecule has 0 aliphatic carbocycles. The molecule has 0 unspecified atom stereocenters. The van der Waals surface area contributed by atoms with Gasteiger partial charge in [0.2, 0.25) is 0 Å². The molecule has 0 spiro atoms. The van der Waals surface area contributed by atoms with Crippen molar-refractivity contribution in [1.82, 2.24) is 14.1 Å². The molecular formula is C24H19FN4O3. The maximum Gasteiger partial charge on any atom is 0.340 e. The molecule has 2 heterocycles. The van der Waals surface area contributed by atoms with E-state index in [4.69, 9.17) is 10.00 Å². The fraction of sp³-hybridized carbons (Fsp3) is 0.167. The number of halogens is 1. The van der Waals surface area contributed by atoms with Crippen molar-refractivity contribution in [3.63, 3.8) is 0 Å². The number of fused-ring (bicyclic) bond motifs is 1. The van der Waals surface area contributed by atoms with Crippen LogP contribution in [0.2, 0.25) is 0 Å². The van der Waals surface area contributed by atoms with Crippen LogP contribution in [0.3, 0.4) is 0 Å². The van der Waals surface area contributed by atoms with Crippen molar-refractivity contribution in [2.45, 2.75) is 27.0 Å². The number of carbonyl (C=O) groups excluding carboxylic acids is 1. The standard InChI is InChI=1S/C24H19FN4O3/c1-15-13-20(16(2)29(15)18-9-7-17(25)8-10-18)24(31)32-14-22-27-21-6-4-3-5-19(21)23(30)28(22)12-11-26/h3-10,13H,12,14H2,1-2H3. The summed E-state index contributed by atoms with van der Waals surface area (Å²) in [5, 5.41) is 9.51. The maximum atomic E-state index is 13.3. The predicted octanol–water partition coefficient (Wildman–Crippen LogP) is 3.82. The van der Waals surface area contributed by atoms with E-state index < -0.39 is 5.97 Å². The monoisotopic (exact) mass is 430 g/mol. The lowest BCUT2D eigenvalue weighted by Gasteiger charge is -2.12. The Morgan fingerprint density at radius 1 is 1.16 bits per heavy atom. The van der Waals surface area contributed by atoms with Gasteiger partial charge in [-0.1, -0.05) is 12.1 Å². The number of rotatable bonds is 5. The number of para-hydroxylation sites is 1. The number of aryl methyl sites for hydroxylation is 1. The summed E-state index contributed by atoms with van der Waals surface area (Å²) in [7, 11) is 0. The van der Waals surface area contributed by atoms with Crippen molar-refractivity contribution in [1.29, 1.82) is 5.26 Å². The van der Waals surface area contributed by atoms with E-state index in [9.17, 15) is 14.0 Å². The van der Waals surface area contributed by atoms with Gasteiger partial charge in [0.05, 0.1) is 22.5 Å². The summed E-state index contributed by atoms with van der Waals surface area (Å²) >= 11 is 0. The van der Waals surface area contributed by atoms with Gasteiger partial charge < -0.3 is 9.30 Å². The molecule has 2 aromatic carbocycles. The third-order valence-corrected chi connectivity index (χ3v) is 5.24. The van der Waals surface area contributed by atoms with Crippen molar-refractivity contribution < 1.29 is 13.9 Å². The van der Waals surface area contributed by atoms with E-state index in [1.807, 2.05) is 17.6 Å². The fourth-order valence-corrected chi connectivity index (χ4v) is 3.72. The summed E-state index contributed by atoms with van der Waals surface area (Å²) < 4.78 is 21.8. The summed E-state index contributed by atoms with van der Waals surface area (Å²) in [6.07, 6.45) is 0. The van der Waals surface area contributed by atoms with Crippen molar-refractivity contribution in [2.75, 3.05) is 0 Å². The van der Waals surface area contributed by atoms with Crippen LogP contribution in [0.25, 0.3) is 16.6 Å². The molecule has 4 aromatic rings. The van der Waals surface area contributed by atoms with Crippen LogP contribution < -0.4 is 5.56 Å². The minimum atomic E-state index is -0.586. The van der Waals surface area contributed by atoms with E-state index in [-0.39, 0.29) is 30.4 Å². The quantitative estimate of drug-likeness (QED) is 0.449. The number of aromatic nitrogens is 3. The highest BCUT2D eigenvalue weighted by atomic mass is 19.1. The summed E-state index contributed by atoms with van der Waals surface area (Å²) in [6, 6.07) is 16.4. The molecule has 0 saturated heterocycles. The maximum absolute atomic E-state index is 13.3. The fourth-order valence-electron chi connectivity index (χ4n) is 3.72. The number of carbonyl (C=O) groups is 1. The minimum absolute atomic E-state index is 0.191. The molecule has 7 nitrogen and oxygen atoms in total. The Balaban J connectivity index is 1.64. The summed E-state index contributed by atoms with van der Waals surface area (Å²) in [5.74, 6) is -0.740. The topological polar surface area (TPSA) is 89.9 Å². The Kier molecular flexibility index (Phi) is 5.56. The number of hydrogen-bond donors (Lipinski definition) is 0. The average Bonchev–Trinajstić information content (AvgIpc) is 3.09.